The molecule has 1 aliphatic rings. The zero-order valence-corrected chi connectivity index (χ0v) is 14.5. The van der Waals surface area contributed by atoms with Crippen LogP contribution >= 0.6 is 0 Å². The van der Waals surface area contributed by atoms with Gasteiger partial charge in [0.25, 0.3) is 5.91 Å². The molecule has 1 saturated heterocycles. The van der Waals surface area contributed by atoms with Crippen LogP contribution in [-0.4, -0.2) is 53.1 Å². The SMILES string of the molecule is CC(C)c1cc(C(=O)N2CCN(c3ccc(C(N)=O)cc3)CC2)n[nH]1. The van der Waals surface area contributed by atoms with Gasteiger partial charge in [-0.3, -0.25) is 14.7 Å². The highest BCUT2D eigenvalue weighted by molar-refractivity contribution is 5.93. The first-order valence-electron chi connectivity index (χ1n) is 8.45. The maximum atomic E-state index is 12.6. The summed E-state index contributed by atoms with van der Waals surface area (Å²) in [6, 6.07) is 9.07. The third kappa shape index (κ3) is 3.65. The maximum Gasteiger partial charge on any atom is 0.274 e. The van der Waals surface area contributed by atoms with Crippen LogP contribution in [0.2, 0.25) is 0 Å². The number of aromatic nitrogens is 2. The normalized spacial score (nSPS) is 14.8. The summed E-state index contributed by atoms with van der Waals surface area (Å²) in [7, 11) is 0. The van der Waals surface area contributed by atoms with Crippen LogP contribution in [0.25, 0.3) is 0 Å². The highest BCUT2D eigenvalue weighted by Crippen LogP contribution is 2.19. The second kappa shape index (κ2) is 6.96. The summed E-state index contributed by atoms with van der Waals surface area (Å²) in [4.78, 5) is 27.7. The Kier molecular flexibility index (Phi) is 4.74. The average Bonchev–Trinajstić information content (AvgIpc) is 3.12. The number of aromatic amines is 1. The van der Waals surface area contributed by atoms with Gasteiger partial charge in [0.05, 0.1) is 0 Å². The van der Waals surface area contributed by atoms with E-state index in [0.717, 1.165) is 24.5 Å². The van der Waals surface area contributed by atoms with E-state index in [0.29, 0.717) is 30.3 Å². The van der Waals surface area contributed by atoms with Crippen LogP contribution in [0.5, 0.6) is 0 Å². The average molecular weight is 341 g/mol. The maximum absolute atomic E-state index is 12.6. The third-order valence-corrected chi connectivity index (χ3v) is 4.52. The van der Waals surface area contributed by atoms with Crippen molar-refractivity contribution in [3.8, 4) is 0 Å². The van der Waals surface area contributed by atoms with Gasteiger partial charge in [-0.2, -0.15) is 5.10 Å². The molecule has 1 aromatic heterocycles. The molecule has 1 aliphatic heterocycles. The second-order valence-electron chi connectivity index (χ2n) is 6.55. The molecule has 2 amide bonds. The van der Waals surface area contributed by atoms with Gasteiger partial charge < -0.3 is 15.5 Å². The van der Waals surface area contributed by atoms with Crippen LogP contribution in [0, 0.1) is 0 Å². The first-order chi connectivity index (χ1) is 12.0. The lowest BCUT2D eigenvalue weighted by Crippen LogP contribution is -2.48. The molecule has 1 aromatic carbocycles. The van der Waals surface area contributed by atoms with Gasteiger partial charge >= 0.3 is 0 Å². The monoisotopic (exact) mass is 341 g/mol. The molecule has 0 aliphatic carbocycles. The summed E-state index contributed by atoms with van der Waals surface area (Å²) >= 11 is 0. The molecular formula is C18H23N5O2. The number of primary amides is 1. The first kappa shape index (κ1) is 17.0. The van der Waals surface area contributed by atoms with Crippen molar-refractivity contribution in [2.24, 2.45) is 5.73 Å². The molecule has 7 nitrogen and oxygen atoms in total. The van der Waals surface area contributed by atoms with E-state index in [9.17, 15) is 9.59 Å². The molecule has 2 aromatic rings. The Labute approximate surface area is 146 Å². The zero-order chi connectivity index (χ0) is 18.0. The van der Waals surface area contributed by atoms with Crippen LogP contribution < -0.4 is 10.6 Å². The van der Waals surface area contributed by atoms with E-state index in [1.54, 1.807) is 12.1 Å². The fraction of sp³-hybridized carbons (Fsp3) is 0.389. The van der Waals surface area contributed by atoms with E-state index >= 15 is 0 Å². The van der Waals surface area contributed by atoms with Crippen molar-refractivity contribution in [3.63, 3.8) is 0 Å². The van der Waals surface area contributed by atoms with E-state index in [1.165, 1.54) is 0 Å². The van der Waals surface area contributed by atoms with Crippen molar-refractivity contribution in [2.75, 3.05) is 31.1 Å². The van der Waals surface area contributed by atoms with Crippen LogP contribution in [-0.2, 0) is 0 Å². The highest BCUT2D eigenvalue weighted by atomic mass is 16.2. The quantitative estimate of drug-likeness (QED) is 0.883. The number of benzene rings is 1. The van der Waals surface area contributed by atoms with Gasteiger partial charge in [-0.15, -0.1) is 0 Å². The largest absolute Gasteiger partial charge is 0.368 e. The van der Waals surface area contributed by atoms with Crippen molar-refractivity contribution in [3.05, 3.63) is 47.3 Å². The number of hydrogen-bond acceptors (Lipinski definition) is 4. The Balaban J connectivity index is 1.61. The van der Waals surface area contributed by atoms with Gasteiger partial charge in [-0.05, 0) is 36.2 Å². The van der Waals surface area contributed by atoms with Crippen molar-refractivity contribution < 1.29 is 9.59 Å². The molecule has 3 rings (SSSR count). The lowest BCUT2D eigenvalue weighted by molar-refractivity contribution is 0.0740. The van der Waals surface area contributed by atoms with Gasteiger partial charge in [-0.25, -0.2) is 0 Å². The van der Waals surface area contributed by atoms with E-state index in [2.05, 4.69) is 28.9 Å². The number of nitrogens with zero attached hydrogens (tertiary/aromatic N) is 3. The minimum Gasteiger partial charge on any atom is -0.368 e. The summed E-state index contributed by atoms with van der Waals surface area (Å²) in [5, 5.41) is 7.07. The Morgan fingerprint density at radius 1 is 1.12 bits per heavy atom. The predicted octanol–water partition coefficient (Wildman–Crippen LogP) is 1.59. The summed E-state index contributed by atoms with van der Waals surface area (Å²) in [5.74, 6) is -0.150. The smallest absolute Gasteiger partial charge is 0.274 e. The van der Waals surface area contributed by atoms with E-state index in [-0.39, 0.29) is 5.91 Å². The molecule has 7 heteroatoms. The van der Waals surface area contributed by atoms with Gasteiger partial charge in [0, 0.05) is 43.1 Å². The molecule has 0 saturated carbocycles. The van der Waals surface area contributed by atoms with Gasteiger partial charge in [0.2, 0.25) is 5.91 Å². The summed E-state index contributed by atoms with van der Waals surface area (Å²) in [5.41, 5.74) is 8.23. The molecule has 3 N–H and O–H groups in total. The molecule has 132 valence electrons. The number of rotatable bonds is 4. The topological polar surface area (TPSA) is 95.3 Å². The van der Waals surface area contributed by atoms with Crippen molar-refractivity contribution >= 4 is 17.5 Å². The zero-order valence-electron chi connectivity index (χ0n) is 14.5. The number of carbonyl (C=O) groups is 2. The highest BCUT2D eigenvalue weighted by Gasteiger charge is 2.24. The van der Waals surface area contributed by atoms with E-state index in [1.807, 2.05) is 23.1 Å². The second-order valence-corrected chi connectivity index (χ2v) is 6.55. The van der Waals surface area contributed by atoms with Crippen molar-refractivity contribution in [1.29, 1.82) is 0 Å². The number of anilines is 1. The molecule has 2 heterocycles. The number of nitrogens with two attached hydrogens (primary N) is 1. The van der Waals surface area contributed by atoms with E-state index in [4.69, 9.17) is 5.73 Å². The molecule has 0 atom stereocenters. The molecule has 25 heavy (non-hydrogen) atoms. The molecule has 0 radical (unpaired) electrons. The molecule has 0 unspecified atom stereocenters. The fourth-order valence-corrected chi connectivity index (χ4v) is 2.91. The van der Waals surface area contributed by atoms with Crippen molar-refractivity contribution in [2.45, 2.75) is 19.8 Å². The number of amides is 2. The number of carbonyl (C=O) groups excluding carboxylic acids is 2. The molecule has 0 spiro atoms. The van der Waals surface area contributed by atoms with E-state index < -0.39 is 5.91 Å². The Bertz CT molecular complexity index is 758. The Hall–Kier alpha value is -2.83. The summed E-state index contributed by atoms with van der Waals surface area (Å²) < 4.78 is 0. The predicted molar refractivity (Wildman–Crippen MR) is 95.8 cm³/mol. The minimum atomic E-state index is -0.429. The summed E-state index contributed by atoms with van der Waals surface area (Å²) in [6.07, 6.45) is 0. The molecule has 0 bridgehead atoms. The lowest BCUT2D eigenvalue weighted by Gasteiger charge is -2.35. The summed E-state index contributed by atoms with van der Waals surface area (Å²) in [6.45, 7) is 6.88. The van der Waals surface area contributed by atoms with Gasteiger partial charge in [0.15, 0.2) is 0 Å². The van der Waals surface area contributed by atoms with Gasteiger partial charge in [-0.1, -0.05) is 13.8 Å². The number of hydrogen-bond donors (Lipinski definition) is 2. The minimum absolute atomic E-state index is 0.0353. The molecule has 1 fully saturated rings. The third-order valence-electron chi connectivity index (χ3n) is 4.52. The number of H-pyrrole nitrogens is 1. The molecular weight excluding hydrogens is 318 g/mol. The number of piperazine rings is 1. The first-order valence-corrected chi connectivity index (χ1v) is 8.45. The van der Waals surface area contributed by atoms with Crippen LogP contribution in [0.4, 0.5) is 5.69 Å². The Morgan fingerprint density at radius 3 is 2.28 bits per heavy atom. The lowest BCUT2D eigenvalue weighted by atomic mass is 10.1. The van der Waals surface area contributed by atoms with Crippen LogP contribution in [0.3, 0.4) is 0 Å². The van der Waals surface area contributed by atoms with Crippen LogP contribution in [0.15, 0.2) is 30.3 Å². The van der Waals surface area contributed by atoms with Crippen LogP contribution in [0.1, 0.15) is 46.3 Å². The Morgan fingerprint density at radius 2 is 1.76 bits per heavy atom. The van der Waals surface area contributed by atoms with Crippen molar-refractivity contribution in [1.82, 2.24) is 15.1 Å². The standard InChI is InChI=1S/C18H23N5O2/c1-12(2)15-11-16(21-20-15)18(25)23-9-7-22(8-10-23)14-5-3-13(4-6-14)17(19)24/h3-6,11-12H,7-10H2,1-2H3,(H2,19,24)(H,20,21). The number of nitrogens with one attached hydrogen (secondary N) is 1. The van der Waals surface area contributed by atoms with Gasteiger partial charge in [0.1, 0.15) is 5.69 Å². The fourth-order valence-electron chi connectivity index (χ4n) is 2.91.